The van der Waals surface area contributed by atoms with Crippen LogP contribution in [0.1, 0.15) is 40.5 Å². The SMILES string of the molecule is CC(C)C(C)(C)OCCCCO. The standard InChI is InChI=1S/C10H22O2/c1-9(2)10(3,4)12-8-6-5-7-11/h9,11H,5-8H2,1-4H3. The molecule has 2 heteroatoms. The number of aliphatic hydroxyl groups is 1. The predicted octanol–water partition coefficient (Wildman–Crippen LogP) is 2.21. The van der Waals surface area contributed by atoms with E-state index < -0.39 is 0 Å². The van der Waals surface area contributed by atoms with Gasteiger partial charge in [-0.15, -0.1) is 0 Å². The Kier molecular flexibility index (Phi) is 5.51. The average molecular weight is 174 g/mol. The van der Waals surface area contributed by atoms with E-state index in [2.05, 4.69) is 27.7 Å². The smallest absolute Gasteiger partial charge is 0.0649 e. The first-order valence-electron chi connectivity index (χ1n) is 4.75. The van der Waals surface area contributed by atoms with Crippen LogP contribution in [0.2, 0.25) is 0 Å². The van der Waals surface area contributed by atoms with Crippen LogP contribution < -0.4 is 0 Å². The van der Waals surface area contributed by atoms with E-state index in [0.29, 0.717) is 5.92 Å². The number of ether oxygens (including phenoxy) is 1. The second kappa shape index (κ2) is 5.55. The van der Waals surface area contributed by atoms with Crippen molar-refractivity contribution >= 4 is 0 Å². The summed E-state index contributed by atoms with van der Waals surface area (Å²) in [4.78, 5) is 0. The van der Waals surface area contributed by atoms with E-state index in [4.69, 9.17) is 9.84 Å². The van der Waals surface area contributed by atoms with Gasteiger partial charge in [0.2, 0.25) is 0 Å². The van der Waals surface area contributed by atoms with E-state index in [1.807, 2.05) is 0 Å². The van der Waals surface area contributed by atoms with Crippen molar-refractivity contribution in [3.63, 3.8) is 0 Å². The third-order valence-electron chi connectivity index (χ3n) is 2.42. The molecule has 0 heterocycles. The number of rotatable bonds is 6. The van der Waals surface area contributed by atoms with Crippen molar-refractivity contribution in [3.8, 4) is 0 Å². The van der Waals surface area contributed by atoms with Crippen LogP contribution in [-0.4, -0.2) is 23.9 Å². The van der Waals surface area contributed by atoms with Crippen LogP contribution in [0.4, 0.5) is 0 Å². The third-order valence-corrected chi connectivity index (χ3v) is 2.42. The Morgan fingerprint density at radius 3 is 2.25 bits per heavy atom. The zero-order chi connectivity index (χ0) is 9.61. The van der Waals surface area contributed by atoms with Crippen molar-refractivity contribution in [1.82, 2.24) is 0 Å². The van der Waals surface area contributed by atoms with Crippen LogP contribution in [0.25, 0.3) is 0 Å². The second-order valence-corrected chi connectivity index (χ2v) is 4.04. The Labute approximate surface area is 75.9 Å². The maximum absolute atomic E-state index is 8.55. The highest BCUT2D eigenvalue weighted by atomic mass is 16.5. The van der Waals surface area contributed by atoms with Gasteiger partial charge < -0.3 is 9.84 Å². The molecule has 12 heavy (non-hydrogen) atoms. The number of aliphatic hydroxyl groups excluding tert-OH is 1. The summed E-state index contributed by atoms with van der Waals surface area (Å²) in [5, 5.41) is 8.55. The summed E-state index contributed by atoms with van der Waals surface area (Å²) in [6, 6.07) is 0. The van der Waals surface area contributed by atoms with E-state index in [9.17, 15) is 0 Å². The van der Waals surface area contributed by atoms with Gasteiger partial charge in [-0.25, -0.2) is 0 Å². The fourth-order valence-electron chi connectivity index (χ4n) is 0.716. The molecular weight excluding hydrogens is 152 g/mol. The zero-order valence-electron chi connectivity index (χ0n) is 8.76. The summed E-state index contributed by atoms with van der Waals surface area (Å²) in [5.41, 5.74) is -0.0323. The van der Waals surface area contributed by atoms with Crippen LogP contribution in [-0.2, 0) is 4.74 Å². The Morgan fingerprint density at radius 1 is 1.25 bits per heavy atom. The van der Waals surface area contributed by atoms with Gasteiger partial charge in [0.05, 0.1) is 5.60 Å². The molecule has 1 N–H and O–H groups in total. The van der Waals surface area contributed by atoms with Gasteiger partial charge in [0.25, 0.3) is 0 Å². The summed E-state index contributed by atoms with van der Waals surface area (Å²) < 4.78 is 5.68. The maximum Gasteiger partial charge on any atom is 0.0649 e. The Hall–Kier alpha value is -0.0800. The monoisotopic (exact) mass is 174 g/mol. The molecule has 0 aliphatic rings. The molecule has 0 amide bonds. The van der Waals surface area contributed by atoms with Crippen molar-refractivity contribution < 1.29 is 9.84 Å². The van der Waals surface area contributed by atoms with Crippen molar-refractivity contribution in [1.29, 1.82) is 0 Å². The fourth-order valence-corrected chi connectivity index (χ4v) is 0.716. The number of hydrogen-bond acceptors (Lipinski definition) is 2. The van der Waals surface area contributed by atoms with E-state index in [1.54, 1.807) is 0 Å². The lowest BCUT2D eigenvalue weighted by Gasteiger charge is -2.29. The number of hydrogen-bond donors (Lipinski definition) is 1. The highest BCUT2D eigenvalue weighted by molar-refractivity contribution is 4.72. The molecule has 0 aliphatic heterocycles. The average Bonchev–Trinajstić information content (AvgIpc) is 1.98. The molecule has 0 aromatic carbocycles. The molecular formula is C10H22O2. The first kappa shape index (κ1) is 11.9. The van der Waals surface area contributed by atoms with Gasteiger partial charge in [-0.3, -0.25) is 0 Å². The fraction of sp³-hybridized carbons (Fsp3) is 1.00. The minimum absolute atomic E-state index is 0.0323. The molecule has 0 spiro atoms. The summed E-state index contributed by atoms with van der Waals surface area (Å²) in [6.45, 7) is 9.56. The normalized spacial score (nSPS) is 12.5. The van der Waals surface area contributed by atoms with Crippen LogP contribution in [0.5, 0.6) is 0 Å². The molecule has 0 aliphatic carbocycles. The molecule has 0 rings (SSSR count). The summed E-state index contributed by atoms with van der Waals surface area (Å²) >= 11 is 0. The van der Waals surface area contributed by atoms with Gasteiger partial charge in [0.15, 0.2) is 0 Å². The van der Waals surface area contributed by atoms with Crippen LogP contribution >= 0.6 is 0 Å². The molecule has 0 bridgehead atoms. The summed E-state index contributed by atoms with van der Waals surface area (Å²) in [6.07, 6.45) is 1.79. The van der Waals surface area contributed by atoms with E-state index in [0.717, 1.165) is 19.4 Å². The topological polar surface area (TPSA) is 29.5 Å². The van der Waals surface area contributed by atoms with Crippen LogP contribution in [0, 0.1) is 5.92 Å². The first-order valence-corrected chi connectivity index (χ1v) is 4.75. The molecule has 0 fully saturated rings. The maximum atomic E-state index is 8.55. The number of unbranched alkanes of at least 4 members (excludes halogenated alkanes) is 1. The van der Waals surface area contributed by atoms with E-state index >= 15 is 0 Å². The van der Waals surface area contributed by atoms with Crippen LogP contribution in [0.3, 0.4) is 0 Å². The summed E-state index contributed by atoms with van der Waals surface area (Å²) in [7, 11) is 0. The van der Waals surface area contributed by atoms with E-state index in [-0.39, 0.29) is 12.2 Å². The Balaban J connectivity index is 3.47. The lowest BCUT2D eigenvalue weighted by atomic mass is 9.95. The second-order valence-electron chi connectivity index (χ2n) is 4.04. The zero-order valence-corrected chi connectivity index (χ0v) is 8.76. The Bertz CT molecular complexity index is 108. The quantitative estimate of drug-likeness (QED) is 0.626. The molecule has 0 radical (unpaired) electrons. The molecule has 74 valence electrons. The van der Waals surface area contributed by atoms with Crippen molar-refractivity contribution in [2.75, 3.05) is 13.2 Å². The van der Waals surface area contributed by atoms with Gasteiger partial charge in [0, 0.05) is 13.2 Å². The Morgan fingerprint density at radius 2 is 1.83 bits per heavy atom. The molecule has 0 aromatic rings. The largest absolute Gasteiger partial charge is 0.396 e. The van der Waals surface area contributed by atoms with Gasteiger partial charge >= 0.3 is 0 Å². The molecule has 0 saturated carbocycles. The van der Waals surface area contributed by atoms with Crippen molar-refractivity contribution in [2.24, 2.45) is 5.92 Å². The minimum Gasteiger partial charge on any atom is -0.396 e. The van der Waals surface area contributed by atoms with Gasteiger partial charge in [0.1, 0.15) is 0 Å². The van der Waals surface area contributed by atoms with Gasteiger partial charge in [-0.2, -0.15) is 0 Å². The molecule has 2 nitrogen and oxygen atoms in total. The van der Waals surface area contributed by atoms with Gasteiger partial charge in [-0.05, 0) is 32.6 Å². The first-order chi connectivity index (χ1) is 5.50. The van der Waals surface area contributed by atoms with Crippen molar-refractivity contribution in [2.45, 2.75) is 46.1 Å². The highest BCUT2D eigenvalue weighted by Gasteiger charge is 2.22. The van der Waals surface area contributed by atoms with Gasteiger partial charge in [-0.1, -0.05) is 13.8 Å². The minimum atomic E-state index is -0.0323. The predicted molar refractivity (Wildman–Crippen MR) is 51.2 cm³/mol. The highest BCUT2D eigenvalue weighted by Crippen LogP contribution is 2.20. The van der Waals surface area contributed by atoms with E-state index in [1.165, 1.54) is 0 Å². The lowest BCUT2D eigenvalue weighted by Crippen LogP contribution is -2.31. The molecule has 0 aromatic heterocycles. The lowest BCUT2D eigenvalue weighted by molar-refractivity contribution is -0.0521. The molecule has 0 atom stereocenters. The molecule has 0 unspecified atom stereocenters. The molecule has 0 saturated heterocycles. The third kappa shape index (κ3) is 4.73. The summed E-state index contributed by atoms with van der Waals surface area (Å²) in [5.74, 6) is 0.534. The van der Waals surface area contributed by atoms with Crippen molar-refractivity contribution in [3.05, 3.63) is 0 Å². The van der Waals surface area contributed by atoms with Crippen LogP contribution in [0.15, 0.2) is 0 Å².